The average molecular weight is 331 g/mol. The van der Waals surface area contributed by atoms with Crippen LogP contribution < -0.4 is 4.74 Å². The van der Waals surface area contributed by atoms with Gasteiger partial charge in [-0.2, -0.15) is 0 Å². The molecule has 2 heteroatoms. The Bertz CT molecular complexity index is 867. The second-order valence-corrected chi connectivity index (χ2v) is 6.34. The molecule has 0 radical (unpaired) electrons. The number of fused-ring (bicyclic) bond motifs is 1. The first-order chi connectivity index (χ1) is 12.3. The fourth-order valence-electron chi connectivity index (χ4n) is 2.82. The van der Waals surface area contributed by atoms with Gasteiger partial charge in [0.1, 0.15) is 12.4 Å². The number of rotatable bonds is 7. The van der Waals surface area contributed by atoms with Crippen LogP contribution in [0, 0.1) is 0 Å². The minimum Gasteiger partial charge on any atom is -0.487 e. The molecule has 0 saturated carbocycles. The third-order valence-electron chi connectivity index (χ3n) is 4.34. The predicted molar refractivity (Wildman–Crippen MR) is 106 cm³/mol. The summed E-state index contributed by atoms with van der Waals surface area (Å²) in [5.74, 6) is 0.885. The van der Waals surface area contributed by atoms with Crippen molar-refractivity contribution in [2.75, 3.05) is 0 Å². The third-order valence-corrected chi connectivity index (χ3v) is 4.34. The van der Waals surface area contributed by atoms with Crippen LogP contribution in [0.2, 0.25) is 0 Å². The van der Waals surface area contributed by atoms with E-state index in [-0.39, 0.29) is 0 Å². The molecule has 25 heavy (non-hydrogen) atoms. The van der Waals surface area contributed by atoms with Gasteiger partial charge < -0.3 is 4.74 Å². The molecule has 0 spiro atoms. The predicted octanol–water partition coefficient (Wildman–Crippen LogP) is 6.41. The van der Waals surface area contributed by atoms with E-state index in [2.05, 4.69) is 55.2 Å². The van der Waals surface area contributed by atoms with E-state index in [1.807, 2.05) is 30.3 Å². The van der Waals surface area contributed by atoms with Crippen molar-refractivity contribution in [1.29, 1.82) is 0 Å². The molecule has 0 aliphatic rings. The fraction of sp³-hybridized carbons (Fsp3) is 0.261. The second kappa shape index (κ2) is 8.48. The van der Waals surface area contributed by atoms with Crippen molar-refractivity contribution in [3.05, 3.63) is 78.0 Å². The lowest BCUT2D eigenvalue weighted by atomic mass is 10.1. The molecule has 0 N–H and O–H groups in total. The molecular formula is C23H25NO. The Labute approximate surface area is 150 Å². The van der Waals surface area contributed by atoms with Crippen molar-refractivity contribution >= 4 is 16.5 Å². The van der Waals surface area contributed by atoms with E-state index in [0.717, 1.165) is 28.8 Å². The first kappa shape index (κ1) is 17.2. The highest BCUT2D eigenvalue weighted by Crippen LogP contribution is 2.22. The summed E-state index contributed by atoms with van der Waals surface area (Å²) in [6.07, 6.45) is 5.91. The van der Waals surface area contributed by atoms with Gasteiger partial charge in [0.15, 0.2) is 0 Å². The van der Waals surface area contributed by atoms with E-state index in [9.17, 15) is 0 Å². The molecule has 128 valence electrons. The van der Waals surface area contributed by atoms with Gasteiger partial charge in [0.25, 0.3) is 0 Å². The van der Waals surface area contributed by atoms with Crippen LogP contribution in [-0.4, -0.2) is 4.98 Å². The van der Waals surface area contributed by atoms with Crippen molar-refractivity contribution in [3.8, 4) is 5.75 Å². The quantitative estimate of drug-likeness (QED) is 0.467. The lowest BCUT2D eigenvalue weighted by molar-refractivity contribution is 0.301. The molecule has 0 aliphatic heterocycles. The Kier molecular flexibility index (Phi) is 5.84. The van der Waals surface area contributed by atoms with Crippen LogP contribution in [0.4, 0.5) is 0 Å². The van der Waals surface area contributed by atoms with Crippen molar-refractivity contribution in [2.24, 2.45) is 0 Å². The third kappa shape index (κ3) is 4.69. The number of pyridine rings is 1. The Morgan fingerprint density at radius 1 is 1.04 bits per heavy atom. The van der Waals surface area contributed by atoms with Crippen molar-refractivity contribution in [2.45, 2.75) is 39.7 Å². The monoisotopic (exact) mass is 331 g/mol. The van der Waals surface area contributed by atoms with E-state index >= 15 is 0 Å². The van der Waals surface area contributed by atoms with E-state index in [1.54, 1.807) is 0 Å². The lowest BCUT2D eigenvalue weighted by Gasteiger charge is -2.09. The number of allylic oxidation sites excluding steroid dienone is 2. The lowest BCUT2D eigenvalue weighted by Crippen LogP contribution is -1.98. The van der Waals surface area contributed by atoms with Gasteiger partial charge in [-0.25, -0.2) is 4.98 Å². The van der Waals surface area contributed by atoms with Gasteiger partial charge in [0, 0.05) is 5.39 Å². The van der Waals surface area contributed by atoms with Crippen LogP contribution >= 0.6 is 0 Å². The highest BCUT2D eigenvalue weighted by Gasteiger charge is 2.02. The standard InChI is InChI=1S/C23H25NO/c1-3-4-5-9-18(2)20-11-8-12-22(16-20)25-17-21-15-14-19-10-6-7-13-23(19)24-21/h6-16H,3-5,17H2,1-2H3. The zero-order valence-corrected chi connectivity index (χ0v) is 15.0. The van der Waals surface area contributed by atoms with Gasteiger partial charge >= 0.3 is 0 Å². The van der Waals surface area contributed by atoms with Gasteiger partial charge in [-0.05, 0) is 48.7 Å². The van der Waals surface area contributed by atoms with E-state index < -0.39 is 0 Å². The van der Waals surface area contributed by atoms with Crippen LogP contribution in [0.5, 0.6) is 5.75 Å². The molecule has 1 heterocycles. The van der Waals surface area contributed by atoms with Gasteiger partial charge in [-0.3, -0.25) is 0 Å². The molecule has 3 rings (SSSR count). The minimum absolute atomic E-state index is 0.479. The second-order valence-electron chi connectivity index (χ2n) is 6.34. The van der Waals surface area contributed by atoms with Gasteiger partial charge in [0.2, 0.25) is 0 Å². The summed E-state index contributed by atoms with van der Waals surface area (Å²) in [6.45, 7) is 4.87. The molecule has 0 aliphatic carbocycles. The normalized spacial score (nSPS) is 11.7. The number of hydrogen-bond acceptors (Lipinski definition) is 2. The Morgan fingerprint density at radius 3 is 2.80 bits per heavy atom. The fourth-order valence-corrected chi connectivity index (χ4v) is 2.82. The Hall–Kier alpha value is -2.61. The molecule has 2 aromatic carbocycles. The number of ether oxygens (including phenoxy) is 1. The molecule has 0 fully saturated rings. The largest absolute Gasteiger partial charge is 0.487 e. The Morgan fingerprint density at radius 2 is 1.92 bits per heavy atom. The molecule has 1 aromatic heterocycles. The number of para-hydroxylation sites is 1. The number of unbranched alkanes of at least 4 members (excludes halogenated alkanes) is 2. The summed E-state index contributed by atoms with van der Waals surface area (Å²) in [6, 6.07) is 20.6. The van der Waals surface area contributed by atoms with Crippen LogP contribution in [-0.2, 0) is 6.61 Å². The highest BCUT2D eigenvalue weighted by atomic mass is 16.5. The van der Waals surface area contributed by atoms with Crippen molar-refractivity contribution < 1.29 is 4.74 Å². The van der Waals surface area contributed by atoms with Gasteiger partial charge in [-0.15, -0.1) is 0 Å². The van der Waals surface area contributed by atoms with Crippen molar-refractivity contribution in [1.82, 2.24) is 4.98 Å². The number of hydrogen-bond donors (Lipinski definition) is 0. The highest BCUT2D eigenvalue weighted by molar-refractivity contribution is 5.78. The number of nitrogens with zero attached hydrogens (tertiary/aromatic N) is 1. The summed E-state index contributed by atoms with van der Waals surface area (Å²) < 4.78 is 5.97. The van der Waals surface area contributed by atoms with E-state index in [0.29, 0.717) is 6.61 Å². The Balaban J connectivity index is 1.68. The first-order valence-corrected chi connectivity index (χ1v) is 9.01. The van der Waals surface area contributed by atoms with Crippen LogP contribution in [0.3, 0.4) is 0 Å². The smallest absolute Gasteiger partial charge is 0.130 e. The first-order valence-electron chi connectivity index (χ1n) is 9.01. The molecule has 0 amide bonds. The maximum atomic E-state index is 5.97. The summed E-state index contributed by atoms with van der Waals surface area (Å²) in [5, 5.41) is 1.15. The molecule has 3 aromatic rings. The topological polar surface area (TPSA) is 22.1 Å². The van der Waals surface area contributed by atoms with Crippen LogP contribution in [0.25, 0.3) is 16.5 Å². The SMILES string of the molecule is CCCCC=C(C)c1cccc(OCc2ccc3ccccc3n2)c1. The molecule has 0 bridgehead atoms. The molecular weight excluding hydrogens is 306 g/mol. The summed E-state index contributed by atoms with van der Waals surface area (Å²) in [4.78, 5) is 4.66. The average Bonchev–Trinajstić information content (AvgIpc) is 2.66. The van der Waals surface area contributed by atoms with Gasteiger partial charge in [0.05, 0.1) is 11.2 Å². The van der Waals surface area contributed by atoms with Gasteiger partial charge in [-0.1, -0.05) is 62.2 Å². The van der Waals surface area contributed by atoms with Crippen LogP contribution in [0.1, 0.15) is 44.4 Å². The molecule has 2 nitrogen and oxygen atoms in total. The summed E-state index contributed by atoms with van der Waals surface area (Å²) in [5.41, 5.74) is 4.48. The maximum Gasteiger partial charge on any atom is 0.130 e. The summed E-state index contributed by atoms with van der Waals surface area (Å²) in [7, 11) is 0. The van der Waals surface area contributed by atoms with E-state index in [1.165, 1.54) is 24.0 Å². The van der Waals surface area contributed by atoms with E-state index in [4.69, 9.17) is 4.74 Å². The number of benzene rings is 2. The van der Waals surface area contributed by atoms with Crippen LogP contribution in [0.15, 0.2) is 66.7 Å². The summed E-state index contributed by atoms with van der Waals surface area (Å²) >= 11 is 0. The van der Waals surface area contributed by atoms with Crippen molar-refractivity contribution in [3.63, 3.8) is 0 Å². The zero-order valence-electron chi connectivity index (χ0n) is 15.0. The molecule has 0 unspecified atom stereocenters. The maximum absolute atomic E-state index is 5.97. The molecule has 0 atom stereocenters. The minimum atomic E-state index is 0.479. The number of aromatic nitrogens is 1. The zero-order chi connectivity index (χ0) is 17.5. The molecule has 0 saturated heterocycles.